The molecule has 14 heteroatoms. The molecule has 4 aromatic rings. The summed E-state index contributed by atoms with van der Waals surface area (Å²) in [5.41, 5.74) is 1.73. The van der Waals surface area contributed by atoms with E-state index in [1.165, 1.54) is 13.3 Å². The van der Waals surface area contributed by atoms with Gasteiger partial charge in [-0.05, 0) is 48.7 Å². The number of ether oxygens (including phenoxy) is 4. The van der Waals surface area contributed by atoms with Crippen LogP contribution in [0.2, 0.25) is 0 Å². The molecule has 0 radical (unpaired) electrons. The summed E-state index contributed by atoms with van der Waals surface area (Å²) >= 11 is 0. The summed E-state index contributed by atoms with van der Waals surface area (Å²) < 4.78 is 23.6. The maximum Gasteiger partial charge on any atom is 0.416 e. The lowest BCUT2D eigenvalue weighted by molar-refractivity contribution is -0.121. The van der Waals surface area contributed by atoms with Crippen LogP contribution in [0.25, 0.3) is 11.2 Å². The van der Waals surface area contributed by atoms with Crippen molar-refractivity contribution in [3.8, 4) is 17.4 Å². The molecule has 1 N–H and O–H groups in total. The second kappa shape index (κ2) is 12.3. The predicted molar refractivity (Wildman–Crippen MR) is 166 cm³/mol. The average Bonchev–Trinajstić information content (AvgIpc) is 3.41. The molecule has 1 aliphatic carbocycles. The quantitative estimate of drug-likeness (QED) is 0.292. The Kier molecular flexibility index (Phi) is 7.86. The van der Waals surface area contributed by atoms with Gasteiger partial charge in [0.15, 0.2) is 23.8 Å². The van der Waals surface area contributed by atoms with Gasteiger partial charge in [0.05, 0.1) is 33.0 Å². The van der Waals surface area contributed by atoms with Gasteiger partial charge in [0.1, 0.15) is 23.2 Å². The zero-order valence-electron chi connectivity index (χ0n) is 25.4. The number of nitrogens with one attached hydrogen (secondary N) is 1. The van der Waals surface area contributed by atoms with Gasteiger partial charge in [-0.2, -0.15) is 4.98 Å². The normalized spacial score (nSPS) is 20.6. The Bertz CT molecular complexity index is 1850. The van der Waals surface area contributed by atoms with Crippen LogP contribution in [0.3, 0.4) is 0 Å². The molecule has 238 valence electrons. The Morgan fingerprint density at radius 1 is 0.978 bits per heavy atom. The van der Waals surface area contributed by atoms with E-state index in [2.05, 4.69) is 15.3 Å². The number of hydrogen-bond acceptors (Lipinski definition) is 11. The average molecular weight is 628 g/mol. The van der Waals surface area contributed by atoms with E-state index in [1.54, 1.807) is 45.7 Å². The van der Waals surface area contributed by atoms with E-state index in [0.29, 0.717) is 66.9 Å². The first-order chi connectivity index (χ1) is 22.4. The van der Waals surface area contributed by atoms with Crippen molar-refractivity contribution >= 4 is 34.8 Å². The second-order valence-electron chi connectivity index (χ2n) is 11.4. The van der Waals surface area contributed by atoms with Crippen molar-refractivity contribution in [2.24, 2.45) is 0 Å². The van der Waals surface area contributed by atoms with Crippen molar-refractivity contribution in [1.82, 2.24) is 24.8 Å². The van der Waals surface area contributed by atoms with Gasteiger partial charge in [-0.25, -0.2) is 14.8 Å². The predicted octanol–water partition coefficient (Wildman–Crippen LogP) is 2.67. The maximum atomic E-state index is 13.2. The molecule has 2 amide bonds. The van der Waals surface area contributed by atoms with Crippen molar-refractivity contribution in [2.45, 2.75) is 50.5 Å². The van der Waals surface area contributed by atoms with E-state index < -0.39 is 6.09 Å². The maximum absolute atomic E-state index is 13.2. The van der Waals surface area contributed by atoms with E-state index in [-0.39, 0.29) is 36.3 Å². The molecule has 2 fully saturated rings. The minimum absolute atomic E-state index is 0.0859. The monoisotopic (exact) mass is 627 g/mol. The van der Waals surface area contributed by atoms with Crippen LogP contribution < -0.4 is 34.9 Å². The van der Waals surface area contributed by atoms with Crippen LogP contribution in [0.1, 0.15) is 24.8 Å². The summed E-state index contributed by atoms with van der Waals surface area (Å²) in [6.45, 7) is 1.11. The van der Waals surface area contributed by atoms with Crippen molar-refractivity contribution in [3.05, 3.63) is 70.6 Å². The van der Waals surface area contributed by atoms with Crippen molar-refractivity contribution in [1.29, 1.82) is 0 Å². The first-order valence-electron chi connectivity index (χ1n) is 15.1. The number of anilines is 2. The van der Waals surface area contributed by atoms with Crippen LogP contribution >= 0.6 is 0 Å². The number of aromatic nitrogens is 4. The van der Waals surface area contributed by atoms with E-state index in [1.807, 2.05) is 24.3 Å². The molecule has 14 nitrogen and oxygen atoms in total. The second-order valence-corrected chi connectivity index (χ2v) is 11.4. The smallest absolute Gasteiger partial charge is 0.416 e. The molecule has 0 bridgehead atoms. The van der Waals surface area contributed by atoms with E-state index in [4.69, 9.17) is 23.9 Å². The Morgan fingerprint density at radius 2 is 1.83 bits per heavy atom. The fourth-order valence-corrected chi connectivity index (χ4v) is 6.32. The van der Waals surface area contributed by atoms with Gasteiger partial charge in [-0.15, -0.1) is 0 Å². The topological polar surface area (TPSA) is 150 Å². The fraction of sp³-hybridized carbons (Fsp3) is 0.375. The molecule has 3 aliphatic rings. The summed E-state index contributed by atoms with van der Waals surface area (Å²) in [5.74, 6) is 2.16. The Hall–Kier alpha value is -5.24. The largest absolute Gasteiger partial charge is 0.497 e. The van der Waals surface area contributed by atoms with Crippen LogP contribution in [0.4, 0.5) is 16.4 Å². The van der Waals surface area contributed by atoms with Crippen molar-refractivity contribution < 1.29 is 28.5 Å². The minimum Gasteiger partial charge on any atom is -0.497 e. The van der Waals surface area contributed by atoms with E-state index in [9.17, 15) is 14.4 Å². The van der Waals surface area contributed by atoms with Crippen molar-refractivity contribution in [2.75, 3.05) is 37.2 Å². The molecule has 2 aliphatic heterocycles. The standard InChI is InChI=1S/C32H33N7O7/c1-43-21-6-3-19(4-7-21)17-38-29(41)18-45-24-10-11-26(35-31(24)38)39-23-9-5-20(15-25(23)46-32(39)42)33-13-14-37-28(40)16-34-22-8-12-27(44-2)36-30(22)37/h3-4,6-8,10-12,16,20,23,25,33H,5,9,13-15,17-18H2,1-2H3/t20-,23-,25-/m1/s1. The van der Waals surface area contributed by atoms with Crippen LogP contribution in [0.15, 0.2) is 59.5 Å². The molecule has 1 saturated carbocycles. The Labute approximate surface area is 263 Å². The lowest BCUT2D eigenvalue weighted by Gasteiger charge is -2.33. The molecule has 0 spiro atoms. The number of pyridine rings is 2. The van der Waals surface area contributed by atoms with Gasteiger partial charge in [-0.1, -0.05) is 12.1 Å². The molecule has 1 saturated heterocycles. The Balaban J connectivity index is 1.03. The van der Waals surface area contributed by atoms with Crippen LogP contribution in [0.5, 0.6) is 17.4 Å². The summed E-state index contributed by atoms with van der Waals surface area (Å²) in [6.07, 6.45) is 2.59. The van der Waals surface area contributed by atoms with Gasteiger partial charge >= 0.3 is 6.09 Å². The first-order valence-corrected chi connectivity index (χ1v) is 15.1. The molecular weight excluding hydrogens is 594 g/mol. The summed E-state index contributed by atoms with van der Waals surface area (Å²) in [6, 6.07) is 14.3. The molecule has 7 rings (SSSR count). The van der Waals surface area contributed by atoms with Gasteiger partial charge < -0.3 is 24.3 Å². The minimum atomic E-state index is -0.470. The third-order valence-corrected chi connectivity index (χ3v) is 8.66. The molecule has 3 aromatic heterocycles. The number of amides is 2. The van der Waals surface area contributed by atoms with Crippen LogP contribution in [0, 0.1) is 0 Å². The molecule has 3 atom stereocenters. The highest BCUT2D eigenvalue weighted by Crippen LogP contribution is 2.39. The summed E-state index contributed by atoms with van der Waals surface area (Å²) in [7, 11) is 3.13. The third-order valence-electron chi connectivity index (χ3n) is 8.66. The highest BCUT2D eigenvalue weighted by molar-refractivity contribution is 5.97. The number of methoxy groups -OCH3 is 2. The number of carbonyl (C=O) groups is 2. The molecule has 1 aromatic carbocycles. The van der Waals surface area contributed by atoms with E-state index in [0.717, 1.165) is 17.7 Å². The number of nitrogens with zero attached hydrogens (tertiary/aromatic N) is 6. The van der Waals surface area contributed by atoms with Gasteiger partial charge in [0, 0.05) is 31.6 Å². The highest BCUT2D eigenvalue weighted by Gasteiger charge is 2.47. The van der Waals surface area contributed by atoms with Gasteiger partial charge in [-0.3, -0.25) is 24.0 Å². The number of rotatable bonds is 9. The zero-order chi connectivity index (χ0) is 31.8. The zero-order valence-corrected chi connectivity index (χ0v) is 25.4. The number of hydrogen-bond donors (Lipinski definition) is 1. The molecular formula is C32H33N7O7. The SMILES string of the molecule is COc1ccc(CN2C(=O)COc3ccc(N4C(=O)O[C@@H]5C[C@H](NCCn6c(=O)cnc7ccc(OC)nc76)CC[C@H]54)nc32)cc1. The van der Waals surface area contributed by atoms with Gasteiger partial charge in [0.25, 0.3) is 11.5 Å². The fourth-order valence-electron chi connectivity index (χ4n) is 6.32. The lowest BCUT2D eigenvalue weighted by Crippen LogP contribution is -2.47. The van der Waals surface area contributed by atoms with Crippen LogP contribution in [-0.4, -0.2) is 77.1 Å². The molecule has 46 heavy (non-hydrogen) atoms. The van der Waals surface area contributed by atoms with E-state index >= 15 is 0 Å². The lowest BCUT2D eigenvalue weighted by atomic mass is 9.88. The number of fused-ring (bicyclic) bond motifs is 3. The van der Waals surface area contributed by atoms with Gasteiger partial charge in [0.2, 0.25) is 5.88 Å². The molecule has 5 heterocycles. The van der Waals surface area contributed by atoms with Crippen molar-refractivity contribution in [3.63, 3.8) is 0 Å². The summed E-state index contributed by atoms with van der Waals surface area (Å²) in [4.78, 5) is 55.2. The highest BCUT2D eigenvalue weighted by atomic mass is 16.6. The number of carbonyl (C=O) groups excluding carboxylic acids is 2. The number of benzene rings is 1. The third kappa shape index (κ3) is 5.55. The Morgan fingerprint density at radius 3 is 2.63 bits per heavy atom. The summed E-state index contributed by atoms with van der Waals surface area (Å²) in [5, 5.41) is 3.52. The molecule has 0 unspecified atom stereocenters. The first kappa shape index (κ1) is 29.5. The van der Waals surface area contributed by atoms with Crippen LogP contribution in [-0.2, 0) is 22.6 Å².